The van der Waals surface area contributed by atoms with Gasteiger partial charge in [0.2, 0.25) is 5.96 Å². The maximum Gasteiger partial charge on any atom is 0.338 e. The topological polar surface area (TPSA) is 118 Å². The van der Waals surface area contributed by atoms with Crippen LogP contribution in [0.4, 0.5) is 0 Å². The monoisotopic (exact) mass is 320 g/mol. The summed E-state index contributed by atoms with van der Waals surface area (Å²) in [7, 11) is 1.45. The highest BCUT2D eigenvalue weighted by Gasteiger charge is 2.30. The summed E-state index contributed by atoms with van der Waals surface area (Å²) in [6, 6.07) is 4.14. The number of hydrazine groups is 1. The molecule has 0 fully saturated rings. The number of phenolic OH excluding ortho intramolecular Hbond substituents is 1. The molecule has 2 rings (SSSR count). The number of aromatic hydroxyl groups is 1. The number of carbonyl (C=O) groups excluding carboxylic acids is 1. The van der Waals surface area contributed by atoms with Crippen molar-refractivity contribution in [1.29, 1.82) is 0 Å². The molecule has 0 saturated heterocycles. The van der Waals surface area contributed by atoms with Crippen LogP contribution >= 0.6 is 0 Å². The number of allylic oxidation sites excluding steroid dienone is 1. The third-order valence-electron chi connectivity index (χ3n) is 3.39. The molecule has 1 atom stereocenters. The second kappa shape index (κ2) is 7.01. The van der Waals surface area contributed by atoms with Crippen molar-refractivity contribution < 1.29 is 19.4 Å². The summed E-state index contributed by atoms with van der Waals surface area (Å²) in [5.41, 5.74) is 4.06. The van der Waals surface area contributed by atoms with E-state index in [9.17, 15) is 9.90 Å². The van der Waals surface area contributed by atoms with Gasteiger partial charge >= 0.3 is 5.97 Å². The normalized spacial score (nSPS) is 17.2. The number of nitrogens with zero attached hydrogens (tertiary/aromatic N) is 1. The average molecular weight is 320 g/mol. The number of ether oxygens (including phenoxy) is 2. The van der Waals surface area contributed by atoms with Crippen LogP contribution in [-0.4, -0.2) is 30.8 Å². The van der Waals surface area contributed by atoms with Crippen molar-refractivity contribution in [2.75, 3.05) is 13.7 Å². The zero-order valence-electron chi connectivity index (χ0n) is 13.2. The number of guanidine groups is 1. The first kappa shape index (κ1) is 16.6. The standard InChI is InChI=1S/C15H20N4O4/c1-4-23-14(21)12-8(2)17-15(19-16)18-13(12)9-5-6-10(20)11(7-9)22-3/h5-7,13,20H,4,16H2,1-3H3,(H2,17,18,19). The quantitative estimate of drug-likeness (QED) is 0.366. The largest absolute Gasteiger partial charge is 0.504 e. The number of hydrogen-bond acceptors (Lipinski definition) is 8. The second-order valence-corrected chi connectivity index (χ2v) is 4.84. The third kappa shape index (κ3) is 3.37. The lowest BCUT2D eigenvalue weighted by atomic mass is 9.96. The molecule has 0 aromatic heterocycles. The zero-order valence-corrected chi connectivity index (χ0v) is 13.2. The number of hydrogen-bond donors (Lipinski definition) is 4. The summed E-state index contributed by atoms with van der Waals surface area (Å²) in [5, 5.41) is 12.6. The molecule has 1 aromatic carbocycles. The van der Waals surface area contributed by atoms with E-state index >= 15 is 0 Å². The summed E-state index contributed by atoms with van der Waals surface area (Å²) in [6.45, 7) is 3.73. The van der Waals surface area contributed by atoms with Crippen molar-refractivity contribution in [3.8, 4) is 11.5 Å². The molecule has 0 amide bonds. The van der Waals surface area contributed by atoms with Gasteiger partial charge in [0, 0.05) is 5.70 Å². The number of carbonyl (C=O) groups is 1. The second-order valence-electron chi connectivity index (χ2n) is 4.84. The molecule has 0 bridgehead atoms. The Hall–Kier alpha value is -2.74. The molecule has 0 spiro atoms. The SMILES string of the molecule is CCOC(=O)C1=C(C)NC(NN)=NC1c1ccc(O)c(OC)c1. The zero-order chi connectivity index (χ0) is 17.0. The molecule has 0 saturated carbocycles. The number of esters is 1. The molecule has 0 radical (unpaired) electrons. The lowest BCUT2D eigenvalue weighted by Gasteiger charge is -2.25. The van der Waals surface area contributed by atoms with E-state index in [1.54, 1.807) is 26.0 Å². The highest BCUT2D eigenvalue weighted by Crippen LogP contribution is 2.35. The van der Waals surface area contributed by atoms with Crippen molar-refractivity contribution in [2.45, 2.75) is 19.9 Å². The van der Waals surface area contributed by atoms with Crippen molar-refractivity contribution >= 4 is 11.9 Å². The minimum atomic E-state index is -0.629. The Morgan fingerprint density at radius 2 is 2.26 bits per heavy atom. The first-order valence-corrected chi connectivity index (χ1v) is 7.08. The number of rotatable bonds is 4. The Kier molecular flexibility index (Phi) is 5.07. The fourth-order valence-corrected chi connectivity index (χ4v) is 2.33. The predicted molar refractivity (Wildman–Crippen MR) is 84.6 cm³/mol. The van der Waals surface area contributed by atoms with E-state index in [1.807, 2.05) is 0 Å². The number of nitrogens with one attached hydrogen (secondary N) is 2. The van der Waals surface area contributed by atoms with Crippen molar-refractivity contribution in [1.82, 2.24) is 10.7 Å². The molecule has 5 N–H and O–H groups in total. The highest BCUT2D eigenvalue weighted by molar-refractivity contribution is 5.95. The van der Waals surface area contributed by atoms with Crippen molar-refractivity contribution in [3.63, 3.8) is 0 Å². The number of benzene rings is 1. The Balaban J connectivity index is 2.51. The van der Waals surface area contributed by atoms with Gasteiger partial charge in [-0.3, -0.25) is 5.43 Å². The Labute approximate surface area is 134 Å². The molecule has 0 aliphatic carbocycles. The maximum atomic E-state index is 12.3. The van der Waals surface area contributed by atoms with Gasteiger partial charge in [0.15, 0.2) is 11.5 Å². The summed E-state index contributed by atoms with van der Waals surface area (Å²) in [6.07, 6.45) is 0. The van der Waals surface area contributed by atoms with E-state index in [1.165, 1.54) is 13.2 Å². The number of aliphatic imine (C=N–C) groups is 1. The van der Waals surface area contributed by atoms with Crippen LogP contribution in [0.1, 0.15) is 25.5 Å². The first-order valence-electron chi connectivity index (χ1n) is 7.08. The molecular formula is C15H20N4O4. The van der Waals surface area contributed by atoms with Gasteiger partial charge in [0.25, 0.3) is 0 Å². The number of methoxy groups -OCH3 is 1. The van der Waals surface area contributed by atoms with Gasteiger partial charge in [-0.15, -0.1) is 0 Å². The molecule has 1 unspecified atom stereocenters. The van der Waals surface area contributed by atoms with E-state index in [4.69, 9.17) is 15.3 Å². The smallest absolute Gasteiger partial charge is 0.338 e. The average Bonchev–Trinajstić information content (AvgIpc) is 2.54. The molecule has 124 valence electrons. The Bertz CT molecular complexity index is 669. The summed E-state index contributed by atoms with van der Waals surface area (Å²) in [5.74, 6) is 5.58. The van der Waals surface area contributed by atoms with Gasteiger partial charge in [0.05, 0.1) is 19.3 Å². The van der Waals surface area contributed by atoms with Gasteiger partial charge < -0.3 is 19.9 Å². The summed E-state index contributed by atoms with van der Waals surface area (Å²) >= 11 is 0. The highest BCUT2D eigenvalue weighted by atomic mass is 16.5. The predicted octanol–water partition coefficient (Wildman–Crippen LogP) is 0.702. The molecule has 1 aliphatic heterocycles. The van der Waals surface area contributed by atoms with Crippen LogP contribution in [0, 0.1) is 0 Å². The van der Waals surface area contributed by atoms with Crippen LogP contribution in [0.25, 0.3) is 0 Å². The molecule has 8 heteroatoms. The van der Waals surface area contributed by atoms with Crippen LogP contribution in [-0.2, 0) is 9.53 Å². The van der Waals surface area contributed by atoms with E-state index in [0.29, 0.717) is 28.5 Å². The Morgan fingerprint density at radius 3 is 2.87 bits per heavy atom. The van der Waals surface area contributed by atoms with Crippen LogP contribution in [0.15, 0.2) is 34.5 Å². The first-order chi connectivity index (χ1) is 11.0. The molecule has 1 aliphatic rings. The fraction of sp³-hybridized carbons (Fsp3) is 0.333. The van der Waals surface area contributed by atoms with Crippen molar-refractivity contribution in [2.24, 2.45) is 10.8 Å². The minimum absolute atomic E-state index is 0.00437. The molecule has 23 heavy (non-hydrogen) atoms. The molecule has 1 aromatic rings. The summed E-state index contributed by atoms with van der Waals surface area (Å²) < 4.78 is 10.2. The van der Waals surface area contributed by atoms with Gasteiger partial charge in [-0.25, -0.2) is 15.6 Å². The van der Waals surface area contributed by atoms with E-state index in [-0.39, 0.29) is 12.4 Å². The van der Waals surface area contributed by atoms with Crippen molar-refractivity contribution in [3.05, 3.63) is 35.0 Å². The van der Waals surface area contributed by atoms with Gasteiger partial charge in [-0.2, -0.15) is 0 Å². The van der Waals surface area contributed by atoms with Crippen LogP contribution < -0.4 is 21.3 Å². The van der Waals surface area contributed by atoms with Gasteiger partial charge in [0.1, 0.15) is 6.04 Å². The van der Waals surface area contributed by atoms with Crippen LogP contribution in [0.5, 0.6) is 11.5 Å². The molecular weight excluding hydrogens is 300 g/mol. The molecule has 1 heterocycles. The van der Waals surface area contributed by atoms with Crippen LogP contribution in [0.2, 0.25) is 0 Å². The van der Waals surface area contributed by atoms with Gasteiger partial charge in [-0.1, -0.05) is 6.07 Å². The minimum Gasteiger partial charge on any atom is -0.504 e. The number of phenols is 1. The van der Waals surface area contributed by atoms with Crippen LogP contribution in [0.3, 0.4) is 0 Å². The van der Waals surface area contributed by atoms with Gasteiger partial charge in [-0.05, 0) is 31.5 Å². The fourth-order valence-electron chi connectivity index (χ4n) is 2.33. The van der Waals surface area contributed by atoms with E-state index < -0.39 is 12.0 Å². The number of nitrogens with two attached hydrogens (primary N) is 1. The maximum absolute atomic E-state index is 12.3. The lowest BCUT2D eigenvalue weighted by molar-refractivity contribution is -0.138. The summed E-state index contributed by atoms with van der Waals surface area (Å²) in [4.78, 5) is 16.7. The van der Waals surface area contributed by atoms with E-state index in [2.05, 4.69) is 15.7 Å². The lowest BCUT2D eigenvalue weighted by Crippen LogP contribution is -2.44. The van der Waals surface area contributed by atoms with E-state index in [0.717, 1.165) is 0 Å². The Morgan fingerprint density at radius 1 is 1.52 bits per heavy atom. The molecule has 8 nitrogen and oxygen atoms in total. The third-order valence-corrected chi connectivity index (χ3v) is 3.39.